The van der Waals surface area contributed by atoms with Crippen LogP contribution >= 0.6 is 15.6 Å². The molecular weight excluding hydrogens is 1460 g/mol. The summed E-state index contributed by atoms with van der Waals surface area (Å²) < 4.78 is 61.4. The Kier molecular flexibility index (Phi) is 83.7. The second-order valence-corrected chi connectivity index (χ2v) is 33.2. The monoisotopic (exact) mass is 1630 g/mol. The number of phosphoric ester groups is 2. The maximum absolute atomic E-state index is 13.0. The van der Waals surface area contributed by atoms with Crippen molar-refractivity contribution in [2.24, 2.45) is 0 Å². The molecule has 16 nitrogen and oxygen atoms in total. The third kappa shape index (κ3) is 88.3. The lowest BCUT2D eigenvalue weighted by molar-refractivity contribution is -0.161. The molecule has 0 aliphatic heterocycles. The lowest BCUT2D eigenvalue weighted by Crippen LogP contribution is -2.30. The summed E-state index contributed by atoms with van der Waals surface area (Å²) in [6.45, 7) is 2.49. The van der Waals surface area contributed by atoms with E-state index in [9.17, 15) is 43.5 Å². The van der Waals surface area contributed by atoms with E-state index in [1.165, 1.54) is 180 Å². The molecule has 0 bridgehead atoms. The lowest BCUT2D eigenvalue weighted by Gasteiger charge is -2.21. The Morgan fingerprint density at radius 1 is 0.257 bits per heavy atom. The van der Waals surface area contributed by atoms with E-state index in [1.807, 2.05) is 0 Å². The number of carbonyl (C=O) groups excluding carboxylic acids is 3. The summed E-state index contributed by atoms with van der Waals surface area (Å²) in [4.78, 5) is 58.9. The van der Waals surface area contributed by atoms with Crippen molar-refractivity contribution in [3.8, 4) is 0 Å². The molecule has 0 amide bonds. The van der Waals surface area contributed by atoms with Crippen LogP contribution in [-0.2, 0) is 55.8 Å². The summed E-state index contributed by atoms with van der Waals surface area (Å²) in [5.74, 6) is -1.57. The van der Waals surface area contributed by atoms with Crippen LogP contribution in [-0.4, -0.2) is 95.9 Å². The summed E-state index contributed by atoms with van der Waals surface area (Å²) in [6, 6.07) is 0. The Morgan fingerprint density at radius 3 is 0.752 bits per heavy atom. The smallest absolute Gasteiger partial charge is 0.463 e. The summed E-state index contributed by atoms with van der Waals surface area (Å²) in [5, 5.41) is 20.7. The minimum Gasteiger partial charge on any atom is -0.463 e. The molecule has 0 saturated carbocycles. The fraction of sp³-hybridized carbons (Fsp3) is 0.737. The molecule has 0 aromatic carbocycles. The van der Waals surface area contributed by atoms with Crippen molar-refractivity contribution in [3.05, 3.63) is 134 Å². The number of carbonyl (C=O) groups is 3. The number of hydrogen-bond acceptors (Lipinski definition) is 14. The topological polar surface area (TPSA) is 231 Å². The molecule has 0 rings (SSSR count). The van der Waals surface area contributed by atoms with Gasteiger partial charge in [-0.15, -0.1) is 0 Å². The van der Waals surface area contributed by atoms with E-state index in [0.717, 1.165) is 154 Å². The van der Waals surface area contributed by atoms with Gasteiger partial charge in [-0.05, 0) is 135 Å². The average Bonchev–Trinajstić information content (AvgIpc) is 0.904. The number of phosphoric acid groups is 2. The van der Waals surface area contributed by atoms with Crippen LogP contribution in [0.3, 0.4) is 0 Å². The second-order valence-electron chi connectivity index (χ2n) is 30.3. The van der Waals surface area contributed by atoms with Gasteiger partial charge in [-0.1, -0.05) is 373 Å². The minimum absolute atomic E-state index is 0.0941. The van der Waals surface area contributed by atoms with Gasteiger partial charge in [0.25, 0.3) is 0 Å². The normalized spacial score (nSPS) is 14.4. The van der Waals surface area contributed by atoms with Gasteiger partial charge >= 0.3 is 33.6 Å². The number of ether oxygens (including phenoxy) is 3. The van der Waals surface area contributed by atoms with Crippen molar-refractivity contribution in [1.82, 2.24) is 0 Å². The summed E-state index contributed by atoms with van der Waals surface area (Å²) >= 11 is 0. The first-order valence-electron chi connectivity index (χ1n) is 45.5. The minimum atomic E-state index is -4.94. The van der Waals surface area contributed by atoms with Crippen molar-refractivity contribution in [2.45, 2.75) is 411 Å². The van der Waals surface area contributed by atoms with Crippen molar-refractivity contribution >= 4 is 33.6 Å². The van der Waals surface area contributed by atoms with E-state index in [2.05, 4.69) is 154 Å². The number of hydrogen-bond donors (Lipinski definition) is 4. The van der Waals surface area contributed by atoms with E-state index >= 15 is 0 Å². The molecule has 0 aliphatic rings. The molecule has 18 heteroatoms. The Hall–Kier alpha value is -4.31. The fourth-order valence-electron chi connectivity index (χ4n) is 12.5. The number of rotatable bonds is 86. The van der Waals surface area contributed by atoms with Crippen LogP contribution in [0.5, 0.6) is 0 Å². The molecule has 5 unspecified atom stereocenters. The highest BCUT2D eigenvalue weighted by Crippen LogP contribution is 2.45. The highest BCUT2D eigenvalue weighted by atomic mass is 31.2. The Balaban J connectivity index is 4.42. The summed E-state index contributed by atoms with van der Waals surface area (Å²) in [7, 11) is -9.80. The van der Waals surface area contributed by atoms with E-state index in [0.29, 0.717) is 19.3 Å². The molecule has 0 spiro atoms. The van der Waals surface area contributed by atoms with Gasteiger partial charge in [-0.3, -0.25) is 32.5 Å². The largest absolute Gasteiger partial charge is 0.472 e. The van der Waals surface area contributed by atoms with Crippen LogP contribution < -0.4 is 0 Å². The van der Waals surface area contributed by atoms with Gasteiger partial charge < -0.3 is 34.2 Å². The average molecular weight is 1630 g/mol. The highest BCUT2D eigenvalue weighted by molar-refractivity contribution is 7.47. The van der Waals surface area contributed by atoms with E-state index in [4.69, 9.17) is 32.3 Å². The Bertz CT molecular complexity index is 2580. The van der Waals surface area contributed by atoms with Crippen LogP contribution in [0.25, 0.3) is 0 Å². The Labute approximate surface area is 690 Å². The van der Waals surface area contributed by atoms with Gasteiger partial charge in [-0.25, -0.2) is 9.13 Å². The predicted octanol–water partition coefficient (Wildman–Crippen LogP) is 27.8. The van der Waals surface area contributed by atoms with E-state index < -0.39 is 91.5 Å². The van der Waals surface area contributed by atoms with Crippen molar-refractivity contribution in [2.75, 3.05) is 39.6 Å². The van der Waals surface area contributed by atoms with Crippen molar-refractivity contribution in [3.63, 3.8) is 0 Å². The zero-order valence-electron chi connectivity index (χ0n) is 71.8. The number of aliphatic hydroxyl groups is 2. The zero-order chi connectivity index (χ0) is 82.2. The lowest BCUT2D eigenvalue weighted by atomic mass is 10.0. The molecule has 0 radical (unpaired) electrons. The quantitative estimate of drug-likeness (QED) is 0.0146. The van der Waals surface area contributed by atoms with Crippen molar-refractivity contribution < 1.29 is 75.8 Å². The molecule has 0 aromatic heterocycles. The first-order valence-corrected chi connectivity index (χ1v) is 48.5. The van der Waals surface area contributed by atoms with Gasteiger partial charge in [-0.2, -0.15) is 0 Å². The van der Waals surface area contributed by atoms with Crippen molar-refractivity contribution in [1.29, 1.82) is 0 Å². The number of unbranched alkanes of at least 4 members (excludes halogenated alkanes) is 41. The van der Waals surface area contributed by atoms with Gasteiger partial charge in [0.1, 0.15) is 25.4 Å². The molecular formula is C95H166O16P2. The molecule has 0 fully saturated rings. The van der Waals surface area contributed by atoms with Gasteiger partial charge in [0.2, 0.25) is 0 Å². The third-order valence-corrected chi connectivity index (χ3v) is 21.2. The number of allylic oxidation sites excluding steroid dienone is 22. The van der Waals surface area contributed by atoms with Crippen LogP contribution in [0.2, 0.25) is 0 Å². The van der Waals surface area contributed by atoms with E-state index in [1.54, 1.807) is 0 Å². The maximum atomic E-state index is 13.0. The summed E-state index contributed by atoms with van der Waals surface area (Å²) in [5.41, 5.74) is 0. The maximum Gasteiger partial charge on any atom is 0.472 e. The van der Waals surface area contributed by atoms with E-state index in [-0.39, 0.29) is 19.3 Å². The molecule has 0 aromatic rings. The second kappa shape index (κ2) is 87.0. The molecule has 652 valence electrons. The molecule has 5 atom stereocenters. The van der Waals surface area contributed by atoms with Crippen LogP contribution in [0.4, 0.5) is 0 Å². The third-order valence-electron chi connectivity index (χ3n) is 19.3. The van der Waals surface area contributed by atoms with Crippen LogP contribution in [0.15, 0.2) is 134 Å². The molecule has 0 aliphatic carbocycles. The summed E-state index contributed by atoms with van der Waals surface area (Å²) in [6.07, 6.45) is 108. The molecule has 0 heterocycles. The zero-order valence-corrected chi connectivity index (χ0v) is 73.6. The predicted molar refractivity (Wildman–Crippen MR) is 473 cm³/mol. The molecule has 4 N–H and O–H groups in total. The van der Waals surface area contributed by atoms with Crippen LogP contribution in [0, 0.1) is 0 Å². The first kappa shape index (κ1) is 109. The number of esters is 3. The Morgan fingerprint density at radius 2 is 0.469 bits per heavy atom. The fourth-order valence-corrected chi connectivity index (χ4v) is 14.1. The van der Waals surface area contributed by atoms with Gasteiger partial charge in [0.15, 0.2) is 6.10 Å². The van der Waals surface area contributed by atoms with Gasteiger partial charge in [0.05, 0.1) is 26.4 Å². The standard InChI is InChI=1S/C95H166O16P2/c1-4-7-10-13-16-19-22-25-28-30-32-34-36-38-40-41-42-43-44-45-46-47-49-51-52-54-56-58-61-63-66-69-72-75-78-81-93(98)105-84-90(96)85-107-112(101,102)108-86-91(97)87-109-113(103,104)110-89-92(111-95(100)83-80-77-74-71-68-65-60-27-24-21-18-15-12-9-6-3)88-106-94(99)82-79-76-73-70-67-64-62-59-57-55-53-50-48-39-37-35-33-31-29-26-23-20-17-14-11-8-5-2/h7-8,10-11,16-17,19-20,25-29,32-35,38-40,48,60,90-92,96-97H,4-6,9,12-15,18,21-24,30-31,36-37,41-47,49-59,61-89H2,1-3H3,(H,101,102)(H,103,104)/b10-7-,11-8-,19-16-,20-17-,28-25-,29-26-,34-32-,35-33-,40-38-,48-39-,60-27-. The SMILES string of the molecule is CC/C=C\C/C=C\C/C=C\C/C=C\C/C=C\CCCCCCCCCCCCCCCCCCCCCC(=O)OCC(O)COP(=O)(O)OCC(O)COP(=O)(O)OCC(COC(=O)CCCCCCCCCCCCC/C=C\C/C=C\C/C=C\C/C=C\C/C=C\CC)OC(=O)CCCCCCC/C=C\CCCCCCCC. The molecule has 113 heavy (non-hydrogen) atoms. The van der Waals surface area contributed by atoms with Gasteiger partial charge in [0, 0.05) is 19.3 Å². The molecule has 0 saturated heterocycles. The highest BCUT2D eigenvalue weighted by Gasteiger charge is 2.29. The first-order chi connectivity index (χ1) is 55.2. The number of aliphatic hydroxyl groups excluding tert-OH is 2. The van der Waals surface area contributed by atoms with Crippen LogP contribution in [0.1, 0.15) is 393 Å².